The Hall–Kier alpha value is -1.92. The fourth-order valence-corrected chi connectivity index (χ4v) is 4.73. The molecule has 1 atom stereocenters. The van der Waals surface area contributed by atoms with E-state index in [-0.39, 0.29) is 6.04 Å². The minimum atomic E-state index is -3.55. The summed E-state index contributed by atoms with van der Waals surface area (Å²) in [6.07, 6.45) is 1.71. The Morgan fingerprint density at radius 1 is 1.15 bits per heavy atom. The third kappa shape index (κ3) is 4.43. The molecule has 1 heterocycles. The van der Waals surface area contributed by atoms with Gasteiger partial charge in [0.25, 0.3) is 0 Å². The maximum atomic E-state index is 12.5. The maximum Gasteiger partial charge on any atom is 0.237 e. The van der Waals surface area contributed by atoms with Gasteiger partial charge in [-0.3, -0.25) is 4.79 Å². The molecule has 1 N–H and O–H groups in total. The Kier molecular flexibility index (Phi) is 5.63. The molecule has 1 aliphatic heterocycles. The maximum absolute atomic E-state index is 12.5. The van der Waals surface area contributed by atoms with E-state index < -0.39 is 21.7 Å². The summed E-state index contributed by atoms with van der Waals surface area (Å²) >= 11 is 0. The van der Waals surface area contributed by atoms with Gasteiger partial charge in [-0.15, -0.1) is 0 Å². The Morgan fingerprint density at radius 3 is 2.50 bits per heavy atom. The summed E-state index contributed by atoms with van der Waals surface area (Å²) in [5.74, 6) is -0.397. The van der Waals surface area contributed by atoms with Crippen molar-refractivity contribution in [2.75, 3.05) is 18.8 Å². The normalized spacial score (nSPS) is 17.9. The lowest BCUT2D eigenvalue weighted by Gasteiger charge is -2.29. The number of rotatable bonds is 5. The largest absolute Gasteiger partial charge is 0.349 e. The Morgan fingerprint density at radius 2 is 1.81 bits per heavy atom. The van der Waals surface area contributed by atoms with Crippen LogP contribution < -0.4 is 5.32 Å². The van der Waals surface area contributed by atoms with Crippen molar-refractivity contribution in [1.82, 2.24) is 9.62 Å². The molecule has 1 saturated heterocycles. The highest BCUT2D eigenvalue weighted by Gasteiger charge is 2.28. The van der Waals surface area contributed by atoms with Crippen molar-refractivity contribution in [2.45, 2.75) is 32.7 Å². The molecule has 0 spiro atoms. The number of nitrogens with one attached hydrogen (secondary N) is 1. The molecule has 0 aromatic heterocycles. The number of fused-ring (bicyclic) bond motifs is 1. The Bertz CT molecular complexity index is 887. The third-order valence-corrected chi connectivity index (χ3v) is 6.88. The van der Waals surface area contributed by atoms with Gasteiger partial charge in [-0.1, -0.05) is 43.3 Å². The van der Waals surface area contributed by atoms with Crippen LogP contribution in [0, 0.1) is 5.92 Å². The molecular formula is C20H26N2O3S. The Balaban J connectivity index is 1.63. The molecule has 1 unspecified atom stereocenters. The number of hydrogen-bond donors (Lipinski definition) is 1. The van der Waals surface area contributed by atoms with E-state index in [9.17, 15) is 13.2 Å². The van der Waals surface area contributed by atoms with Crippen molar-refractivity contribution in [3.8, 4) is 0 Å². The van der Waals surface area contributed by atoms with Gasteiger partial charge in [-0.05, 0) is 48.1 Å². The van der Waals surface area contributed by atoms with Gasteiger partial charge in [-0.25, -0.2) is 12.7 Å². The van der Waals surface area contributed by atoms with Crippen LogP contribution in [-0.4, -0.2) is 37.5 Å². The molecule has 1 fully saturated rings. The van der Waals surface area contributed by atoms with E-state index in [1.807, 2.05) is 49.4 Å². The smallest absolute Gasteiger partial charge is 0.237 e. The van der Waals surface area contributed by atoms with Crippen LogP contribution in [0.15, 0.2) is 42.5 Å². The van der Waals surface area contributed by atoms with Gasteiger partial charge >= 0.3 is 0 Å². The number of carbonyl (C=O) groups excluding carboxylic acids is 1. The van der Waals surface area contributed by atoms with E-state index in [4.69, 9.17) is 0 Å². The lowest BCUT2D eigenvalue weighted by Crippen LogP contribution is -2.43. The van der Waals surface area contributed by atoms with Gasteiger partial charge in [0.2, 0.25) is 15.9 Å². The number of hydrogen-bond acceptors (Lipinski definition) is 3. The first-order valence-electron chi connectivity index (χ1n) is 9.11. The van der Waals surface area contributed by atoms with E-state index in [0.29, 0.717) is 19.0 Å². The SMILES string of the molecule is CC1CCN(S(=O)(=O)CC(=O)NC(C)c2ccc3ccccc3c2)CC1. The molecule has 5 nitrogen and oxygen atoms in total. The number of carbonyl (C=O) groups is 1. The molecular weight excluding hydrogens is 348 g/mol. The first-order chi connectivity index (χ1) is 12.3. The summed E-state index contributed by atoms with van der Waals surface area (Å²) in [4.78, 5) is 12.3. The molecule has 0 radical (unpaired) electrons. The molecule has 2 aromatic carbocycles. The van der Waals surface area contributed by atoms with Crippen molar-refractivity contribution in [3.05, 3.63) is 48.0 Å². The highest BCUT2D eigenvalue weighted by Crippen LogP contribution is 2.21. The van der Waals surface area contributed by atoms with Gasteiger partial charge < -0.3 is 5.32 Å². The number of amides is 1. The molecule has 2 aromatic rings. The lowest BCUT2D eigenvalue weighted by molar-refractivity contribution is -0.119. The van der Waals surface area contributed by atoms with E-state index in [2.05, 4.69) is 12.2 Å². The van der Waals surface area contributed by atoms with Crippen LogP contribution in [0.4, 0.5) is 0 Å². The minimum Gasteiger partial charge on any atom is -0.349 e. The first kappa shape index (κ1) is 18.9. The summed E-state index contributed by atoms with van der Waals surface area (Å²) in [7, 11) is -3.55. The topological polar surface area (TPSA) is 66.5 Å². The number of sulfonamides is 1. The van der Waals surface area contributed by atoms with Crippen LogP contribution in [0.1, 0.15) is 38.3 Å². The highest BCUT2D eigenvalue weighted by molar-refractivity contribution is 7.89. The van der Waals surface area contributed by atoms with Crippen LogP contribution in [-0.2, 0) is 14.8 Å². The summed E-state index contributed by atoms with van der Waals surface area (Å²) in [6, 6.07) is 13.8. The molecule has 140 valence electrons. The summed E-state index contributed by atoms with van der Waals surface area (Å²) in [5.41, 5.74) is 0.959. The number of benzene rings is 2. The van der Waals surface area contributed by atoms with E-state index in [1.165, 1.54) is 4.31 Å². The van der Waals surface area contributed by atoms with Gasteiger partial charge in [0.1, 0.15) is 5.75 Å². The summed E-state index contributed by atoms with van der Waals surface area (Å²) in [6.45, 7) is 5.02. The molecule has 0 saturated carbocycles. The predicted molar refractivity (Wildman–Crippen MR) is 104 cm³/mol. The molecule has 3 rings (SSSR count). The van der Waals surface area contributed by atoms with Crippen molar-refractivity contribution in [2.24, 2.45) is 5.92 Å². The number of piperidine rings is 1. The molecule has 0 bridgehead atoms. The van der Waals surface area contributed by atoms with Crippen LogP contribution in [0.2, 0.25) is 0 Å². The van der Waals surface area contributed by atoms with Crippen LogP contribution in [0.5, 0.6) is 0 Å². The molecule has 26 heavy (non-hydrogen) atoms. The average molecular weight is 375 g/mol. The second kappa shape index (κ2) is 7.76. The number of nitrogens with zero attached hydrogens (tertiary/aromatic N) is 1. The van der Waals surface area contributed by atoms with Crippen molar-refractivity contribution >= 4 is 26.7 Å². The van der Waals surface area contributed by atoms with Gasteiger partial charge in [0.15, 0.2) is 0 Å². The Labute approximate surface area is 155 Å². The monoisotopic (exact) mass is 374 g/mol. The van der Waals surface area contributed by atoms with Crippen LogP contribution in [0.25, 0.3) is 10.8 Å². The molecule has 0 aliphatic carbocycles. The zero-order valence-electron chi connectivity index (χ0n) is 15.3. The second-order valence-corrected chi connectivity index (χ2v) is 9.20. The van der Waals surface area contributed by atoms with Crippen LogP contribution in [0.3, 0.4) is 0 Å². The van der Waals surface area contributed by atoms with Crippen molar-refractivity contribution in [3.63, 3.8) is 0 Å². The van der Waals surface area contributed by atoms with Gasteiger partial charge in [0.05, 0.1) is 6.04 Å². The quantitative estimate of drug-likeness (QED) is 0.875. The lowest BCUT2D eigenvalue weighted by atomic mass is 10.0. The minimum absolute atomic E-state index is 0.247. The van der Waals surface area contributed by atoms with Gasteiger partial charge in [-0.2, -0.15) is 0 Å². The van der Waals surface area contributed by atoms with Crippen LogP contribution >= 0.6 is 0 Å². The fraction of sp³-hybridized carbons (Fsp3) is 0.450. The highest BCUT2D eigenvalue weighted by atomic mass is 32.2. The fourth-order valence-electron chi connectivity index (χ4n) is 3.36. The summed E-state index contributed by atoms with van der Waals surface area (Å²) < 4.78 is 26.4. The first-order valence-corrected chi connectivity index (χ1v) is 10.7. The third-order valence-electron chi connectivity index (χ3n) is 5.10. The van der Waals surface area contributed by atoms with E-state index in [0.717, 1.165) is 29.2 Å². The zero-order chi connectivity index (χ0) is 18.7. The molecule has 1 amide bonds. The van der Waals surface area contributed by atoms with Crippen molar-refractivity contribution < 1.29 is 13.2 Å². The predicted octanol–water partition coefficient (Wildman–Crippen LogP) is 3.08. The molecule has 1 aliphatic rings. The summed E-state index contributed by atoms with van der Waals surface area (Å²) in [5, 5.41) is 5.05. The average Bonchev–Trinajstić information content (AvgIpc) is 2.61. The van der Waals surface area contributed by atoms with E-state index >= 15 is 0 Å². The second-order valence-electron chi connectivity index (χ2n) is 7.23. The zero-order valence-corrected chi connectivity index (χ0v) is 16.1. The standard InChI is InChI=1S/C20H26N2O3S/c1-15-9-11-22(12-10-15)26(24,25)14-20(23)21-16(2)18-8-7-17-5-3-4-6-19(17)13-18/h3-8,13,15-16H,9-12,14H2,1-2H3,(H,21,23). The van der Waals surface area contributed by atoms with Gasteiger partial charge in [0, 0.05) is 13.1 Å². The van der Waals surface area contributed by atoms with E-state index in [1.54, 1.807) is 0 Å². The molecule has 6 heteroatoms. The van der Waals surface area contributed by atoms with Crippen molar-refractivity contribution in [1.29, 1.82) is 0 Å².